The zero-order valence-electron chi connectivity index (χ0n) is 8.38. The first-order chi connectivity index (χ1) is 6.20. The van der Waals surface area contributed by atoms with Crippen LogP contribution in [0.4, 0.5) is 0 Å². The molecule has 1 aliphatic carbocycles. The Morgan fingerprint density at radius 1 is 1.54 bits per heavy atom. The van der Waals surface area contributed by atoms with Crippen molar-refractivity contribution in [2.24, 2.45) is 11.7 Å². The Bertz CT molecular complexity index is 162. The molecule has 3 N–H and O–H groups in total. The highest BCUT2D eigenvalue weighted by atomic mass is 16.2. The predicted molar refractivity (Wildman–Crippen MR) is 53.2 cm³/mol. The van der Waals surface area contributed by atoms with Crippen molar-refractivity contribution in [2.45, 2.75) is 45.1 Å². The molecular formula is C10H20N2O. The van der Waals surface area contributed by atoms with E-state index in [2.05, 4.69) is 5.32 Å². The SMILES string of the molecule is CC(N)C(=O)NCCC1CCCC1. The number of hydrogen-bond acceptors (Lipinski definition) is 2. The fraction of sp³-hybridized carbons (Fsp3) is 0.900. The van der Waals surface area contributed by atoms with Gasteiger partial charge in [-0.05, 0) is 19.3 Å². The fourth-order valence-corrected chi connectivity index (χ4v) is 1.86. The molecule has 0 bridgehead atoms. The van der Waals surface area contributed by atoms with E-state index in [1.165, 1.54) is 25.7 Å². The maximum absolute atomic E-state index is 11.1. The predicted octanol–water partition coefficient (Wildman–Crippen LogP) is 1.03. The molecule has 3 heteroatoms. The van der Waals surface area contributed by atoms with Crippen LogP contribution in [0.1, 0.15) is 39.0 Å². The van der Waals surface area contributed by atoms with E-state index < -0.39 is 0 Å². The van der Waals surface area contributed by atoms with Gasteiger partial charge in [0.1, 0.15) is 0 Å². The molecule has 0 spiro atoms. The lowest BCUT2D eigenvalue weighted by Gasteiger charge is -2.10. The van der Waals surface area contributed by atoms with E-state index in [9.17, 15) is 4.79 Å². The first kappa shape index (κ1) is 10.5. The molecule has 0 aromatic heterocycles. The molecule has 0 saturated heterocycles. The molecule has 1 fully saturated rings. The van der Waals surface area contributed by atoms with Gasteiger partial charge in [0.15, 0.2) is 0 Å². The summed E-state index contributed by atoms with van der Waals surface area (Å²) in [6.45, 7) is 2.51. The molecule has 1 atom stereocenters. The fourth-order valence-electron chi connectivity index (χ4n) is 1.86. The number of nitrogens with one attached hydrogen (secondary N) is 1. The first-order valence-corrected chi connectivity index (χ1v) is 5.23. The third kappa shape index (κ3) is 3.77. The molecule has 0 radical (unpaired) electrons. The van der Waals surface area contributed by atoms with Crippen LogP contribution in [-0.4, -0.2) is 18.5 Å². The molecule has 76 valence electrons. The minimum atomic E-state index is -0.372. The van der Waals surface area contributed by atoms with E-state index in [-0.39, 0.29) is 11.9 Å². The van der Waals surface area contributed by atoms with Crippen LogP contribution >= 0.6 is 0 Å². The van der Waals surface area contributed by atoms with Gasteiger partial charge in [-0.3, -0.25) is 4.79 Å². The average Bonchev–Trinajstić information content (AvgIpc) is 2.56. The third-order valence-corrected chi connectivity index (χ3v) is 2.74. The average molecular weight is 184 g/mol. The van der Waals surface area contributed by atoms with Gasteiger partial charge in [0, 0.05) is 6.54 Å². The summed E-state index contributed by atoms with van der Waals surface area (Å²) in [6, 6.07) is -0.372. The van der Waals surface area contributed by atoms with Crippen LogP contribution in [0.2, 0.25) is 0 Å². The van der Waals surface area contributed by atoms with Crippen LogP contribution in [-0.2, 0) is 4.79 Å². The second-order valence-electron chi connectivity index (χ2n) is 4.02. The van der Waals surface area contributed by atoms with Crippen LogP contribution in [0.25, 0.3) is 0 Å². The molecule has 1 rings (SSSR count). The van der Waals surface area contributed by atoms with E-state index in [4.69, 9.17) is 5.73 Å². The van der Waals surface area contributed by atoms with Crippen LogP contribution in [0.5, 0.6) is 0 Å². The summed E-state index contributed by atoms with van der Waals surface area (Å²) in [5.74, 6) is 0.811. The van der Waals surface area contributed by atoms with Crippen LogP contribution in [0, 0.1) is 5.92 Å². The molecule has 0 aromatic carbocycles. The molecule has 1 aliphatic rings. The summed E-state index contributed by atoms with van der Waals surface area (Å²) in [5.41, 5.74) is 5.42. The second kappa shape index (κ2) is 5.22. The second-order valence-corrected chi connectivity index (χ2v) is 4.02. The van der Waals surface area contributed by atoms with Crippen molar-refractivity contribution in [1.29, 1.82) is 0 Å². The maximum atomic E-state index is 11.1. The summed E-state index contributed by atoms with van der Waals surface area (Å²) in [6.07, 6.45) is 6.54. The highest BCUT2D eigenvalue weighted by Gasteiger charge is 2.15. The van der Waals surface area contributed by atoms with E-state index in [1.54, 1.807) is 6.92 Å². The molecule has 0 aromatic rings. The number of nitrogens with two attached hydrogens (primary N) is 1. The number of carbonyl (C=O) groups is 1. The van der Waals surface area contributed by atoms with Gasteiger partial charge in [-0.15, -0.1) is 0 Å². The Kier molecular flexibility index (Phi) is 4.22. The highest BCUT2D eigenvalue weighted by molar-refractivity contribution is 5.80. The summed E-state index contributed by atoms with van der Waals surface area (Å²) in [7, 11) is 0. The quantitative estimate of drug-likeness (QED) is 0.685. The molecule has 0 heterocycles. The molecule has 3 nitrogen and oxygen atoms in total. The monoisotopic (exact) mass is 184 g/mol. The van der Waals surface area contributed by atoms with Crippen molar-refractivity contribution in [3.63, 3.8) is 0 Å². The lowest BCUT2D eigenvalue weighted by Crippen LogP contribution is -2.39. The largest absolute Gasteiger partial charge is 0.355 e. The Labute approximate surface area is 80.1 Å². The van der Waals surface area contributed by atoms with E-state index in [1.807, 2.05) is 0 Å². The van der Waals surface area contributed by atoms with Crippen molar-refractivity contribution in [3.8, 4) is 0 Å². The van der Waals surface area contributed by atoms with Gasteiger partial charge in [-0.2, -0.15) is 0 Å². The topological polar surface area (TPSA) is 55.1 Å². The van der Waals surface area contributed by atoms with Gasteiger partial charge >= 0.3 is 0 Å². The van der Waals surface area contributed by atoms with E-state index >= 15 is 0 Å². The number of carbonyl (C=O) groups excluding carboxylic acids is 1. The van der Waals surface area contributed by atoms with Crippen molar-refractivity contribution >= 4 is 5.91 Å². The molecule has 0 aliphatic heterocycles. The lowest BCUT2D eigenvalue weighted by atomic mass is 10.0. The highest BCUT2D eigenvalue weighted by Crippen LogP contribution is 2.26. The van der Waals surface area contributed by atoms with Gasteiger partial charge in [-0.1, -0.05) is 25.7 Å². The standard InChI is InChI=1S/C10H20N2O/c1-8(11)10(13)12-7-6-9-4-2-3-5-9/h8-9H,2-7,11H2,1H3,(H,12,13). The number of rotatable bonds is 4. The molecular weight excluding hydrogens is 164 g/mol. The summed E-state index contributed by atoms with van der Waals surface area (Å²) >= 11 is 0. The summed E-state index contributed by atoms with van der Waals surface area (Å²) in [5, 5.41) is 2.85. The van der Waals surface area contributed by atoms with Crippen LogP contribution in [0.15, 0.2) is 0 Å². The molecule has 1 saturated carbocycles. The van der Waals surface area contributed by atoms with Crippen molar-refractivity contribution in [1.82, 2.24) is 5.32 Å². The Morgan fingerprint density at radius 2 is 2.15 bits per heavy atom. The number of hydrogen-bond donors (Lipinski definition) is 2. The van der Waals surface area contributed by atoms with Crippen LogP contribution in [0.3, 0.4) is 0 Å². The first-order valence-electron chi connectivity index (χ1n) is 5.23. The number of amides is 1. The zero-order valence-corrected chi connectivity index (χ0v) is 8.38. The molecule has 1 unspecified atom stereocenters. The lowest BCUT2D eigenvalue weighted by molar-refractivity contribution is -0.122. The minimum Gasteiger partial charge on any atom is -0.355 e. The van der Waals surface area contributed by atoms with Crippen molar-refractivity contribution in [2.75, 3.05) is 6.54 Å². The van der Waals surface area contributed by atoms with Crippen molar-refractivity contribution in [3.05, 3.63) is 0 Å². The Hall–Kier alpha value is -0.570. The minimum absolute atomic E-state index is 0.0296. The van der Waals surface area contributed by atoms with Crippen molar-refractivity contribution < 1.29 is 4.79 Å². The molecule has 1 amide bonds. The molecule has 13 heavy (non-hydrogen) atoms. The smallest absolute Gasteiger partial charge is 0.236 e. The van der Waals surface area contributed by atoms with Gasteiger partial charge in [-0.25, -0.2) is 0 Å². The van der Waals surface area contributed by atoms with Gasteiger partial charge < -0.3 is 11.1 Å². The Balaban J connectivity index is 2.03. The van der Waals surface area contributed by atoms with Gasteiger partial charge in [0.05, 0.1) is 6.04 Å². The normalized spacial score (nSPS) is 20.2. The van der Waals surface area contributed by atoms with E-state index in [0.717, 1.165) is 18.9 Å². The maximum Gasteiger partial charge on any atom is 0.236 e. The van der Waals surface area contributed by atoms with Gasteiger partial charge in [0.25, 0.3) is 0 Å². The summed E-state index contributed by atoms with van der Waals surface area (Å²) < 4.78 is 0. The van der Waals surface area contributed by atoms with Gasteiger partial charge in [0.2, 0.25) is 5.91 Å². The zero-order chi connectivity index (χ0) is 9.68. The summed E-state index contributed by atoms with van der Waals surface area (Å²) in [4.78, 5) is 11.1. The third-order valence-electron chi connectivity index (χ3n) is 2.74. The van der Waals surface area contributed by atoms with E-state index in [0.29, 0.717) is 0 Å². The van der Waals surface area contributed by atoms with Crippen LogP contribution < -0.4 is 11.1 Å². The Morgan fingerprint density at radius 3 is 2.69 bits per heavy atom.